The summed E-state index contributed by atoms with van der Waals surface area (Å²) in [6.07, 6.45) is 0.466. The molecule has 0 spiro atoms. The van der Waals surface area contributed by atoms with E-state index in [1.54, 1.807) is 6.92 Å². The van der Waals surface area contributed by atoms with Crippen molar-refractivity contribution in [1.82, 2.24) is 4.98 Å². The zero-order valence-electron chi connectivity index (χ0n) is 9.22. The van der Waals surface area contributed by atoms with Gasteiger partial charge in [0.15, 0.2) is 23.3 Å². The first kappa shape index (κ1) is 12.6. The highest BCUT2D eigenvalue weighted by Crippen LogP contribution is 2.19. The van der Waals surface area contributed by atoms with Crippen molar-refractivity contribution < 1.29 is 13.9 Å². The first-order chi connectivity index (χ1) is 7.58. The van der Waals surface area contributed by atoms with Crippen molar-refractivity contribution in [2.75, 3.05) is 24.3 Å². The van der Waals surface area contributed by atoms with Crippen LogP contribution in [0.2, 0.25) is 0 Å². The van der Waals surface area contributed by atoms with Crippen LogP contribution in [0.4, 0.5) is 20.4 Å². The van der Waals surface area contributed by atoms with E-state index < -0.39 is 11.6 Å². The van der Waals surface area contributed by atoms with Crippen LogP contribution in [0.3, 0.4) is 0 Å². The van der Waals surface area contributed by atoms with Crippen LogP contribution in [0.5, 0.6) is 0 Å². The van der Waals surface area contributed by atoms with Crippen LogP contribution in [0.25, 0.3) is 0 Å². The molecular formula is C10H15F2N3O. The quantitative estimate of drug-likeness (QED) is 0.720. The van der Waals surface area contributed by atoms with Gasteiger partial charge >= 0.3 is 0 Å². The third-order valence-corrected chi connectivity index (χ3v) is 2.11. The van der Waals surface area contributed by atoms with E-state index in [0.717, 1.165) is 6.07 Å². The fraction of sp³-hybridized carbons (Fsp3) is 0.500. The largest absolute Gasteiger partial charge is 0.396 e. The van der Waals surface area contributed by atoms with E-state index in [4.69, 9.17) is 5.11 Å². The number of nitrogens with one attached hydrogen (secondary N) is 2. The van der Waals surface area contributed by atoms with Crippen LogP contribution in [0.1, 0.15) is 13.3 Å². The Morgan fingerprint density at radius 3 is 2.56 bits per heavy atom. The first-order valence-corrected chi connectivity index (χ1v) is 4.99. The number of hydrogen-bond donors (Lipinski definition) is 3. The van der Waals surface area contributed by atoms with E-state index in [9.17, 15) is 8.78 Å². The highest BCUT2D eigenvalue weighted by atomic mass is 19.1. The summed E-state index contributed by atoms with van der Waals surface area (Å²) in [6, 6.07) is 0.634. The smallest absolute Gasteiger partial charge is 0.168 e. The van der Waals surface area contributed by atoms with Crippen LogP contribution >= 0.6 is 0 Å². The maximum atomic E-state index is 13.3. The summed E-state index contributed by atoms with van der Waals surface area (Å²) >= 11 is 0. The van der Waals surface area contributed by atoms with Crippen molar-refractivity contribution in [3.05, 3.63) is 17.7 Å². The third-order valence-electron chi connectivity index (χ3n) is 2.11. The molecule has 0 bridgehead atoms. The molecule has 0 aliphatic rings. The van der Waals surface area contributed by atoms with Gasteiger partial charge in [0.2, 0.25) is 0 Å². The van der Waals surface area contributed by atoms with Gasteiger partial charge in [0.05, 0.1) is 0 Å². The predicted octanol–water partition coefficient (Wildman–Crippen LogP) is 1.58. The Kier molecular flexibility index (Phi) is 4.42. The molecule has 0 amide bonds. The Hall–Kier alpha value is -1.43. The second-order valence-electron chi connectivity index (χ2n) is 3.46. The summed E-state index contributed by atoms with van der Waals surface area (Å²) in [7, 11) is 1.50. The molecule has 0 saturated heterocycles. The number of rotatable bonds is 5. The van der Waals surface area contributed by atoms with Crippen molar-refractivity contribution in [3.8, 4) is 0 Å². The minimum absolute atomic E-state index is 0.00410. The van der Waals surface area contributed by atoms with Gasteiger partial charge in [0.25, 0.3) is 0 Å². The molecule has 1 unspecified atom stereocenters. The Morgan fingerprint density at radius 1 is 1.38 bits per heavy atom. The Morgan fingerprint density at radius 2 is 2.00 bits per heavy atom. The maximum Gasteiger partial charge on any atom is 0.168 e. The first-order valence-electron chi connectivity index (χ1n) is 4.99. The van der Waals surface area contributed by atoms with Crippen molar-refractivity contribution in [2.24, 2.45) is 0 Å². The van der Waals surface area contributed by atoms with Crippen LogP contribution < -0.4 is 10.6 Å². The summed E-state index contributed by atoms with van der Waals surface area (Å²) in [6.45, 7) is 1.77. The molecule has 0 aliphatic carbocycles. The van der Waals surface area contributed by atoms with Crippen LogP contribution in [0, 0.1) is 11.6 Å². The molecule has 1 atom stereocenters. The molecule has 6 heteroatoms. The minimum Gasteiger partial charge on any atom is -0.396 e. The van der Waals surface area contributed by atoms with Crippen molar-refractivity contribution in [2.45, 2.75) is 19.4 Å². The van der Waals surface area contributed by atoms with Crippen LogP contribution in [0.15, 0.2) is 6.07 Å². The highest BCUT2D eigenvalue weighted by molar-refractivity contribution is 5.47. The van der Waals surface area contributed by atoms with Gasteiger partial charge < -0.3 is 15.7 Å². The average Bonchev–Trinajstić information content (AvgIpc) is 2.22. The van der Waals surface area contributed by atoms with E-state index in [2.05, 4.69) is 15.6 Å². The minimum atomic E-state index is -0.749. The van der Waals surface area contributed by atoms with Crippen molar-refractivity contribution in [1.29, 1.82) is 0 Å². The molecular weight excluding hydrogens is 216 g/mol. The third kappa shape index (κ3) is 3.03. The zero-order chi connectivity index (χ0) is 12.1. The normalized spacial score (nSPS) is 12.3. The van der Waals surface area contributed by atoms with Crippen LogP contribution in [-0.4, -0.2) is 29.8 Å². The van der Waals surface area contributed by atoms with E-state index in [0.29, 0.717) is 6.42 Å². The number of aromatic nitrogens is 1. The molecule has 16 heavy (non-hydrogen) atoms. The molecule has 3 N–H and O–H groups in total. The van der Waals surface area contributed by atoms with Gasteiger partial charge in [-0.15, -0.1) is 0 Å². The van der Waals surface area contributed by atoms with Crippen molar-refractivity contribution >= 4 is 11.6 Å². The second-order valence-corrected chi connectivity index (χ2v) is 3.46. The summed E-state index contributed by atoms with van der Waals surface area (Å²) in [4.78, 5) is 3.76. The zero-order valence-corrected chi connectivity index (χ0v) is 9.22. The molecule has 4 nitrogen and oxygen atoms in total. The lowest BCUT2D eigenvalue weighted by atomic mass is 10.2. The average molecular weight is 231 g/mol. The van der Waals surface area contributed by atoms with E-state index >= 15 is 0 Å². The van der Waals surface area contributed by atoms with Crippen LogP contribution in [-0.2, 0) is 0 Å². The number of aliphatic hydroxyl groups is 1. The molecule has 1 aromatic rings. The number of nitrogens with zero attached hydrogens (tertiary/aromatic N) is 1. The standard InChI is InChI=1S/C10H15F2N3O/c1-6(3-4-16)14-10-8(12)5-7(11)9(13-2)15-10/h5-6,16H,3-4H2,1-2H3,(H2,13,14,15). The van der Waals surface area contributed by atoms with E-state index in [-0.39, 0.29) is 24.3 Å². The highest BCUT2D eigenvalue weighted by Gasteiger charge is 2.12. The molecule has 0 aliphatic heterocycles. The monoisotopic (exact) mass is 231 g/mol. The van der Waals surface area contributed by atoms with E-state index in [1.165, 1.54) is 7.05 Å². The Bertz CT molecular complexity index is 360. The molecule has 1 heterocycles. The topological polar surface area (TPSA) is 57.2 Å². The lowest BCUT2D eigenvalue weighted by molar-refractivity contribution is 0.282. The number of halogens is 2. The van der Waals surface area contributed by atoms with Gasteiger partial charge in [-0.25, -0.2) is 13.8 Å². The summed E-state index contributed by atoms with van der Waals surface area (Å²) in [5, 5.41) is 14.0. The Labute approximate surface area is 92.7 Å². The lowest BCUT2D eigenvalue weighted by Crippen LogP contribution is -2.19. The van der Waals surface area contributed by atoms with Gasteiger partial charge in [0, 0.05) is 25.8 Å². The molecule has 0 fully saturated rings. The maximum absolute atomic E-state index is 13.3. The lowest BCUT2D eigenvalue weighted by Gasteiger charge is -2.14. The number of aliphatic hydroxyl groups excluding tert-OH is 1. The second kappa shape index (κ2) is 5.60. The van der Waals surface area contributed by atoms with Gasteiger partial charge in [-0.2, -0.15) is 0 Å². The molecule has 0 aromatic carbocycles. The summed E-state index contributed by atoms with van der Waals surface area (Å²) in [5.41, 5.74) is 0. The Balaban J connectivity index is 2.87. The molecule has 0 radical (unpaired) electrons. The predicted molar refractivity (Wildman–Crippen MR) is 58.5 cm³/mol. The van der Waals surface area contributed by atoms with Gasteiger partial charge in [-0.05, 0) is 13.3 Å². The van der Waals surface area contributed by atoms with Gasteiger partial charge in [-0.1, -0.05) is 0 Å². The molecule has 90 valence electrons. The van der Waals surface area contributed by atoms with Gasteiger partial charge in [-0.3, -0.25) is 0 Å². The summed E-state index contributed by atoms with van der Waals surface area (Å²) in [5.74, 6) is -1.52. The molecule has 0 saturated carbocycles. The summed E-state index contributed by atoms with van der Waals surface area (Å²) < 4.78 is 26.4. The number of hydrogen-bond acceptors (Lipinski definition) is 4. The number of anilines is 2. The fourth-order valence-electron chi connectivity index (χ4n) is 1.24. The molecule has 1 aromatic heterocycles. The van der Waals surface area contributed by atoms with Gasteiger partial charge in [0.1, 0.15) is 0 Å². The van der Waals surface area contributed by atoms with Crippen molar-refractivity contribution in [3.63, 3.8) is 0 Å². The SMILES string of the molecule is CNc1nc(NC(C)CCO)c(F)cc1F. The number of pyridine rings is 1. The molecule has 1 rings (SSSR count). The van der Waals surface area contributed by atoms with E-state index in [1.807, 2.05) is 0 Å². The fourth-order valence-corrected chi connectivity index (χ4v) is 1.24.